The molecule has 332 valence electrons. The van der Waals surface area contributed by atoms with Crippen molar-refractivity contribution in [3.8, 4) is 0 Å². The Bertz CT molecular complexity index is 2150. The molecule has 7 amide bonds. The maximum absolute atomic E-state index is 13.3. The largest absolute Gasteiger partial charge is 0.433 e. The average molecular weight is 861 g/mol. The Balaban J connectivity index is 1.07. The Morgan fingerprint density at radius 2 is 1.72 bits per heavy atom. The van der Waals surface area contributed by atoms with Crippen LogP contribution in [0.3, 0.4) is 0 Å². The molecule has 3 atom stereocenters. The van der Waals surface area contributed by atoms with Crippen LogP contribution >= 0.6 is 0 Å². The molecule has 61 heavy (non-hydrogen) atoms. The first-order valence-electron chi connectivity index (χ1n) is 19.5. The lowest BCUT2D eigenvalue weighted by Crippen LogP contribution is -2.57. The van der Waals surface area contributed by atoms with Crippen LogP contribution in [0.25, 0.3) is 10.9 Å². The third-order valence-electron chi connectivity index (χ3n) is 10.1. The van der Waals surface area contributed by atoms with Crippen molar-refractivity contribution in [2.45, 2.75) is 77.5 Å². The van der Waals surface area contributed by atoms with Crippen LogP contribution in [0.5, 0.6) is 0 Å². The van der Waals surface area contributed by atoms with Gasteiger partial charge in [-0.15, -0.1) is 0 Å². The number of primary amides is 1. The van der Waals surface area contributed by atoms with Crippen LogP contribution in [-0.2, 0) is 42.2 Å². The average Bonchev–Trinajstić information content (AvgIpc) is 3.86. The number of aliphatic hydroxyl groups excluding tert-OH is 1. The lowest BCUT2D eigenvalue weighted by atomic mass is 9.85. The molecule has 3 aromatic rings. The molecule has 22 heteroatoms. The number of hydrogen-bond acceptors (Lipinski definition) is 11. The molecule has 0 saturated carbocycles. The van der Waals surface area contributed by atoms with Crippen molar-refractivity contribution in [3.63, 3.8) is 0 Å². The molecule has 2 aromatic heterocycles. The van der Waals surface area contributed by atoms with Crippen LogP contribution in [0.4, 0.5) is 23.7 Å². The van der Waals surface area contributed by atoms with E-state index in [0.717, 1.165) is 18.2 Å². The number of anilines is 1. The fourth-order valence-corrected chi connectivity index (χ4v) is 6.96. The number of likely N-dealkylation sites (tertiary alicyclic amines) is 1. The molecule has 2 aliphatic rings. The summed E-state index contributed by atoms with van der Waals surface area (Å²) >= 11 is 0. The molecule has 1 aromatic carbocycles. The number of aliphatic hydroxyl groups is 2. The van der Waals surface area contributed by atoms with Crippen LogP contribution in [0.2, 0.25) is 0 Å². The predicted octanol–water partition coefficient (Wildman–Crippen LogP) is 0.778. The van der Waals surface area contributed by atoms with Gasteiger partial charge < -0.3 is 51.3 Å². The maximum atomic E-state index is 13.3. The molecule has 2 saturated heterocycles. The van der Waals surface area contributed by atoms with Gasteiger partial charge in [-0.2, -0.15) is 18.3 Å². The molecule has 0 radical (unpaired) electrons. The molecular formula is C39H51F3N10O9. The molecule has 0 aliphatic carbocycles. The Morgan fingerprint density at radius 3 is 2.38 bits per heavy atom. The van der Waals surface area contributed by atoms with Gasteiger partial charge >= 0.3 is 12.2 Å². The molecule has 7 N–H and O–H groups in total. The summed E-state index contributed by atoms with van der Waals surface area (Å²) in [5.41, 5.74) is 2.34. The third-order valence-corrected chi connectivity index (χ3v) is 10.1. The van der Waals surface area contributed by atoms with Gasteiger partial charge in [0.2, 0.25) is 23.6 Å². The first kappa shape index (κ1) is 46.2. The summed E-state index contributed by atoms with van der Waals surface area (Å²) in [6.07, 6.45) is -4.00. The van der Waals surface area contributed by atoms with E-state index in [-0.39, 0.29) is 69.6 Å². The van der Waals surface area contributed by atoms with Gasteiger partial charge in [-0.25, -0.2) is 9.78 Å². The second-order valence-electron chi connectivity index (χ2n) is 16.5. The number of ether oxygens (including phenoxy) is 1. The number of nitrogens with one attached hydrogen (secondary N) is 3. The second-order valence-corrected chi connectivity index (χ2v) is 16.5. The van der Waals surface area contributed by atoms with Crippen molar-refractivity contribution in [1.82, 2.24) is 40.1 Å². The van der Waals surface area contributed by atoms with Gasteiger partial charge in [-0.1, -0.05) is 26.8 Å². The predicted molar refractivity (Wildman–Crippen MR) is 211 cm³/mol. The zero-order valence-electron chi connectivity index (χ0n) is 34.4. The third kappa shape index (κ3) is 11.7. The molecule has 0 bridgehead atoms. The topological polar surface area (TPSA) is 255 Å². The van der Waals surface area contributed by atoms with E-state index in [0.29, 0.717) is 17.4 Å². The second kappa shape index (κ2) is 18.4. The number of urea groups is 1. The fraction of sp³-hybridized carbons (Fsp3) is 0.538. The van der Waals surface area contributed by atoms with Gasteiger partial charge in [0.15, 0.2) is 0 Å². The summed E-state index contributed by atoms with van der Waals surface area (Å²) in [7, 11) is 0. The summed E-state index contributed by atoms with van der Waals surface area (Å²) in [6.45, 7) is 8.51. The summed E-state index contributed by atoms with van der Waals surface area (Å²) < 4.78 is 46.6. The van der Waals surface area contributed by atoms with E-state index in [1.54, 1.807) is 42.6 Å². The molecule has 5 rings (SSSR count). The van der Waals surface area contributed by atoms with Crippen molar-refractivity contribution in [2.75, 3.05) is 57.8 Å². The minimum absolute atomic E-state index is 0.0102. The number of halogens is 3. The fourth-order valence-electron chi connectivity index (χ4n) is 6.96. The zero-order valence-corrected chi connectivity index (χ0v) is 34.4. The number of aromatic nitrogens is 3. The number of β-amino-alcohol motifs (C(OH)–C–C–N with tert-alkyl or cyclic N) is 1. The number of alkyl halides is 3. The number of nitrogens with zero attached hydrogens (tertiary/aromatic N) is 6. The molecule has 2 aliphatic heterocycles. The molecule has 0 spiro atoms. The number of carbonyl (C=O) groups is 6. The van der Waals surface area contributed by atoms with Crippen LogP contribution in [0.15, 0.2) is 36.5 Å². The highest BCUT2D eigenvalue weighted by atomic mass is 19.4. The van der Waals surface area contributed by atoms with E-state index in [2.05, 4.69) is 26.0 Å². The van der Waals surface area contributed by atoms with E-state index in [9.17, 15) is 52.2 Å². The lowest BCUT2D eigenvalue weighted by Gasteiger charge is -2.35. The Kier molecular flexibility index (Phi) is 13.9. The lowest BCUT2D eigenvalue weighted by molar-refractivity contribution is -0.144. The van der Waals surface area contributed by atoms with Crippen molar-refractivity contribution in [2.24, 2.45) is 11.1 Å². The number of amides is 7. The van der Waals surface area contributed by atoms with E-state index >= 15 is 0 Å². The highest BCUT2D eigenvalue weighted by Gasteiger charge is 2.44. The van der Waals surface area contributed by atoms with Crippen LogP contribution < -0.4 is 21.7 Å². The zero-order chi connectivity index (χ0) is 45.0. The Hall–Kier alpha value is -5.87. The molecule has 4 heterocycles. The number of carbonyl (C=O) groups excluding carboxylic acids is 6. The summed E-state index contributed by atoms with van der Waals surface area (Å²) in [5.74, 6) is -3.28. The number of hydrogen-bond donors (Lipinski definition) is 6. The van der Waals surface area contributed by atoms with Crippen molar-refractivity contribution in [1.29, 1.82) is 0 Å². The number of nitrogens with two attached hydrogens (primary N) is 1. The van der Waals surface area contributed by atoms with Crippen molar-refractivity contribution in [3.05, 3.63) is 53.5 Å². The van der Waals surface area contributed by atoms with Gasteiger partial charge in [0.05, 0.1) is 30.4 Å². The van der Waals surface area contributed by atoms with E-state index in [1.807, 2.05) is 0 Å². The smallest absolute Gasteiger partial charge is 0.391 e. The first-order valence-corrected chi connectivity index (χ1v) is 19.5. The van der Waals surface area contributed by atoms with Gasteiger partial charge in [0, 0.05) is 62.0 Å². The number of rotatable bonds is 16. The minimum Gasteiger partial charge on any atom is -0.391 e. The first-order chi connectivity index (χ1) is 28.4. The van der Waals surface area contributed by atoms with Gasteiger partial charge in [-0.05, 0) is 43.5 Å². The summed E-state index contributed by atoms with van der Waals surface area (Å²) in [5, 5.41) is 33.8. The quantitative estimate of drug-likeness (QED) is 0.110. The molecular weight excluding hydrogens is 809 g/mol. The van der Waals surface area contributed by atoms with Crippen LogP contribution in [-0.4, -0.2) is 146 Å². The monoisotopic (exact) mass is 860 g/mol. The van der Waals surface area contributed by atoms with Crippen molar-refractivity contribution >= 4 is 52.2 Å². The molecule has 2 fully saturated rings. The van der Waals surface area contributed by atoms with Crippen LogP contribution in [0, 0.1) is 5.41 Å². The van der Waals surface area contributed by atoms with E-state index in [4.69, 9.17) is 10.5 Å². The number of pyridine rings is 1. The Labute approximate surface area is 348 Å². The highest BCUT2D eigenvalue weighted by Crippen LogP contribution is 2.33. The standard InChI is InChI=1S/C39H51F3N10O9/c1-37(2,3)32(35(58)52-19-23(53)16-28(52)33(43)56)47-31(55)21-61-14-9-44-30(54)20-50-11-10-49(36(50)59)12-13-51-18-22-15-27(24(38(4,5)60)17-26(22)48-51)46-34(57)25-7-6-8-29(45-25)39(40,41)42/h6-8,15,17-18,23,28,32,53,60H,9-14,16,19-21H2,1-5H3,(H2,43,56)(H,44,54)(H,46,57)(H,47,55)/t23-,28+,32-/m1/s1. The number of fused-ring (bicyclic) bond motifs is 1. The van der Waals surface area contributed by atoms with Gasteiger partial charge in [0.1, 0.15) is 36.6 Å². The molecule has 0 unspecified atom stereocenters. The highest BCUT2D eigenvalue weighted by molar-refractivity contribution is 6.04. The Morgan fingerprint density at radius 1 is 1.02 bits per heavy atom. The summed E-state index contributed by atoms with van der Waals surface area (Å²) in [6, 6.07) is 3.66. The maximum Gasteiger partial charge on any atom is 0.433 e. The summed E-state index contributed by atoms with van der Waals surface area (Å²) in [4.78, 5) is 84.2. The van der Waals surface area contributed by atoms with E-state index in [1.165, 1.54) is 29.7 Å². The van der Waals surface area contributed by atoms with E-state index < -0.39 is 82.9 Å². The SMILES string of the molecule is CC(C)(O)c1cc2nn(CCN3CCN(CC(=O)NCCOCC(=O)N[C@H](C(=O)N4C[C@H](O)C[C@H]4C(N)=O)C(C)(C)C)C3=O)cc2cc1NC(=O)c1cccc(C(F)(F)F)n1. The number of benzene rings is 1. The van der Waals surface area contributed by atoms with Crippen molar-refractivity contribution < 1.29 is 56.9 Å². The van der Waals surface area contributed by atoms with Crippen LogP contribution in [0.1, 0.15) is 62.8 Å². The van der Waals surface area contributed by atoms with Gasteiger partial charge in [-0.3, -0.25) is 28.7 Å². The normalized spacial score (nSPS) is 17.8. The minimum atomic E-state index is -4.75. The van der Waals surface area contributed by atoms with Gasteiger partial charge in [0.25, 0.3) is 5.91 Å². The molecule has 19 nitrogen and oxygen atoms in total.